The van der Waals surface area contributed by atoms with E-state index in [1.807, 2.05) is 6.07 Å². The van der Waals surface area contributed by atoms with E-state index in [4.69, 9.17) is 4.74 Å². The Labute approximate surface area is 145 Å². The highest BCUT2D eigenvalue weighted by Gasteiger charge is 2.26. The Morgan fingerprint density at radius 1 is 1.00 bits per heavy atom. The SMILES string of the molecule is CC[C@@H](OCc1ccccc1)[C@@H]1C=CCCN1Cc1ccccc1. The van der Waals surface area contributed by atoms with Crippen molar-refractivity contribution in [2.45, 2.75) is 45.1 Å². The first-order valence-electron chi connectivity index (χ1n) is 8.97. The average molecular weight is 321 g/mol. The molecule has 0 radical (unpaired) electrons. The predicted molar refractivity (Wildman–Crippen MR) is 99.7 cm³/mol. The van der Waals surface area contributed by atoms with Crippen molar-refractivity contribution >= 4 is 0 Å². The van der Waals surface area contributed by atoms with Crippen LogP contribution in [0.15, 0.2) is 72.8 Å². The third-order valence-electron chi connectivity index (χ3n) is 4.66. The molecule has 2 aromatic rings. The minimum absolute atomic E-state index is 0.227. The Morgan fingerprint density at radius 3 is 2.33 bits per heavy atom. The first-order chi connectivity index (χ1) is 11.9. The number of hydrogen-bond donors (Lipinski definition) is 0. The number of benzene rings is 2. The zero-order valence-electron chi connectivity index (χ0n) is 14.5. The molecule has 0 fully saturated rings. The molecule has 0 saturated carbocycles. The van der Waals surface area contributed by atoms with Crippen molar-refractivity contribution < 1.29 is 4.74 Å². The lowest BCUT2D eigenvalue weighted by Gasteiger charge is -2.37. The molecule has 0 saturated heterocycles. The van der Waals surface area contributed by atoms with Gasteiger partial charge in [0, 0.05) is 13.1 Å². The molecule has 1 aliphatic heterocycles. The van der Waals surface area contributed by atoms with E-state index in [0.717, 1.165) is 25.9 Å². The molecule has 2 aromatic carbocycles. The molecule has 0 N–H and O–H groups in total. The van der Waals surface area contributed by atoms with Crippen molar-refractivity contribution in [1.82, 2.24) is 4.90 Å². The lowest BCUT2D eigenvalue weighted by molar-refractivity contribution is -0.0150. The van der Waals surface area contributed by atoms with E-state index in [9.17, 15) is 0 Å². The van der Waals surface area contributed by atoms with Crippen molar-refractivity contribution in [3.8, 4) is 0 Å². The maximum Gasteiger partial charge on any atom is 0.0768 e. The van der Waals surface area contributed by atoms with Crippen LogP contribution in [0.3, 0.4) is 0 Å². The van der Waals surface area contributed by atoms with Gasteiger partial charge in [0.1, 0.15) is 0 Å². The van der Waals surface area contributed by atoms with Crippen LogP contribution in [0.4, 0.5) is 0 Å². The van der Waals surface area contributed by atoms with E-state index >= 15 is 0 Å². The van der Waals surface area contributed by atoms with Crippen LogP contribution >= 0.6 is 0 Å². The molecule has 3 rings (SSSR count). The van der Waals surface area contributed by atoms with Gasteiger partial charge in [0.25, 0.3) is 0 Å². The molecule has 0 amide bonds. The summed E-state index contributed by atoms with van der Waals surface area (Å²) in [6, 6.07) is 21.5. The van der Waals surface area contributed by atoms with Crippen LogP contribution in [0.5, 0.6) is 0 Å². The van der Waals surface area contributed by atoms with E-state index in [1.54, 1.807) is 0 Å². The molecular weight excluding hydrogens is 294 g/mol. The lowest BCUT2D eigenvalue weighted by Crippen LogP contribution is -2.45. The van der Waals surface area contributed by atoms with Gasteiger partial charge in [0.05, 0.1) is 18.8 Å². The molecular formula is C22H27NO. The number of rotatable bonds is 7. The minimum atomic E-state index is 0.227. The highest BCUT2D eigenvalue weighted by molar-refractivity contribution is 5.16. The van der Waals surface area contributed by atoms with Crippen LogP contribution in [0.1, 0.15) is 30.9 Å². The quantitative estimate of drug-likeness (QED) is 0.678. The van der Waals surface area contributed by atoms with Gasteiger partial charge in [0.15, 0.2) is 0 Å². The van der Waals surface area contributed by atoms with Crippen LogP contribution < -0.4 is 0 Å². The molecule has 0 unspecified atom stereocenters. The maximum absolute atomic E-state index is 6.29. The summed E-state index contributed by atoms with van der Waals surface area (Å²) >= 11 is 0. The van der Waals surface area contributed by atoms with E-state index < -0.39 is 0 Å². The second-order valence-corrected chi connectivity index (χ2v) is 6.41. The lowest BCUT2D eigenvalue weighted by atomic mass is 10.0. The summed E-state index contributed by atoms with van der Waals surface area (Å²) in [5.74, 6) is 0. The molecule has 24 heavy (non-hydrogen) atoms. The molecule has 2 nitrogen and oxygen atoms in total. The largest absolute Gasteiger partial charge is 0.372 e. The topological polar surface area (TPSA) is 12.5 Å². The Bertz CT molecular complexity index is 623. The van der Waals surface area contributed by atoms with Gasteiger partial charge < -0.3 is 4.74 Å². The van der Waals surface area contributed by atoms with Crippen molar-refractivity contribution in [3.05, 3.63) is 83.9 Å². The highest BCUT2D eigenvalue weighted by Crippen LogP contribution is 2.21. The Balaban J connectivity index is 1.65. The van der Waals surface area contributed by atoms with Gasteiger partial charge >= 0.3 is 0 Å². The van der Waals surface area contributed by atoms with Gasteiger partial charge in [-0.15, -0.1) is 0 Å². The van der Waals surface area contributed by atoms with Crippen LogP contribution in [-0.4, -0.2) is 23.6 Å². The Morgan fingerprint density at radius 2 is 1.67 bits per heavy atom. The zero-order valence-corrected chi connectivity index (χ0v) is 14.5. The first-order valence-corrected chi connectivity index (χ1v) is 8.97. The van der Waals surface area contributed by atoms with Crippen molar-refractivity contribution in [3.63, 3.8) is 0 Å². The summed E-state index contributed by atoms with van der Waals surface area (Å²) in [4.78, 5) is 2.55. The van der Waals surface area contributed by atoms with Gasteiger partial charge in [-0.05, 0) is 24.0 Å². The fourth-order valence-electron chi connectivity index (χ4n) is 3.34. The standard InChI is InChI=1S/C22H27NO/c1-2-22(24-18-20-13-7-4-8-14-20)21-15-9-10-16-23(21)17-19-11-5-3-6-12-19/h3-9,11-15,21-22H,2,10,16-18H2,1H3/t21-,22+/m0/s1. The molecule has 2 atom stereocenters. The molecule has 0 aromatic heterocycles. The van der Waals surface area contributed by atoms with Gasteiger partial charge in [0.2, 0.25) is 0 Å². The van der Waals surface area contributed by atoms with Gasteiger partial charge in [-0.25, -0.2) is 0 Å². The second kappa shape index (κ2) is 8.81. The first kappa shape index (κ1) is 16.9. The van der Waals surface area contributed by atoms with Crippen molar-refractivity contribution in [2.75, 3.05) is 6.54 Å². The number of hydrogen-bond acceptors (Lipinski definition) is 2. The summed E-state index contributed by atoms with van der Waals surface area (Å²) < 4.78 is 6.29. The minimum Gasteiger partial charge on any atom is -0.372 e. The van der Waals surface area contributed by atoms with E-state index in [2.05, 4.69) is 78.6 Å². The number of ether oxygens (including phenoxy) is 1. The molecule has 0 aliphatic carbocycles. The van der Waals surface area contributed by atoms with Crippen LogP contribution in [0.25, 0.3) is 0 Å². The Kier molecular flexibility index (Phi) is 6.22. The number of nitrogens with zero attached hydrogens (tertiary/aromatic N) is 1. The monoisotopic (exact) mass is 321 g/mol. The van der Waals surface area contributed by atoms with E-state index in [-0.39, 0.29) is 6.10 Å². The van der Waals surface area contributed by atoms with Crippen LogP contribution in [0.2, 0.25) is 0 Å². The average Bonchev–Trinajstić information content (AvgIpc) is 2.65. The third-order valence-corrected chi connectivity index (χ3v) is 4.66. The normalized spacial score (nSPS) is 19.3. The van der Waals surface area contributed by atoms with Crippen molar-refractivity contribution in [2.24, 2.45) is 0 Å². The highest BCUT2D eigenvalue weighted by atomic mass is 16.5. The second-order valence-electron chi connectivity index (χ2n) is 6.41. The summed E-state index contributed by atoms with van der Waals surface area (Å²) in [6.45, 7) is 4.99. The zero-order chi connectivity index (χ0) is 16.6. The fourth-order valence-corrected chi connectivity index (χ4v) is 3.34. The summed E-state index contributed by atoms with van der Waals surface area (Å²) in [5.41, 5.74) is 2.61. The molecule has 1 heterocycles. The summed E-state index contributed by atoms with van der Waals surface area (Å²) in [7, 11) is 0. The molecule has 0 spiro atoms. The van der Waals surface area contributed by atoms with E-state index in [1.165, 1.54) is 11.1 Å². The van der Waals surface area contributed by atoms with Gasteiger partial charge in [-0.2, -0.15) is 0 Å². The third kappa shape index (κ3) is 4.56. The molecule has 126 valence electrons. The molecule has 2 heteroatoms. The van der Waals surface area contributed by atoms with E-state index in [0.29, 0.717) is 12.6 Å². The summed E-state index contributed by atoms with van der Waals surface area (Å²) in [6.07, 6.45) is 7.02. The van der Waals surface area contributed by atoms with Crippen molar-refractivity contribution in [1.29, 1.82) is 0 Å². The van der Waals surface area contributed by atoms with Crippen LogP contribution in [-0.2, 0) is 17.9 Å². The molecule has 0 bridgehead atoms. The fraction of sp³-hybridized carbons (Fsp3) is 0.364. The maximum atomic E-state index is 6.29. The van der Waals surface area contributed by atoms with Gasteiger partial charge in [-0.3, -0.25) is 4.90 Å². The molecule has 1 aliphatic rings. The predicted octanol–water partition coefficient (Wildman–Crippen LogP) is 4.81. The smallest absolute Gasteiger partial charge is 0.0768 e. The van der Waals surface area contributed by atoms with Crippen LogP contribution in [0, 0.1) is 0 Å². The van der Waals surface area contributed by atoms with Gasteiger partial charge in [-0.1, -0.05) is 79.7 Å². The Hall–Kier alpha value is -1.90. The summed E-state index contributed by atoms with van der Waals surface area (Å²) in [5, 5.41) is 0.